The topological polar surface area (TPSA) is 58.4 Å². The lowest BCUT2D eigenvalue weighted by Gasteiger charge is -2.38. The standard InChI is InChI=1S/C10H21N3O.ClH/c1-4-9(11)10(14)13-6-7(2)12-5-8(13)3;/h7-9,12H,4-6,11H2,1-3H3;1H. The van der Waals surface area contributed by atoms with Gasteiger partial charge in [0.1, 0.15) is 0 Å². The number of carbonyl (C=O) groups is 1. The highest BCUT2D eigenvalue weighted by atomic mass is 35.5. The second-order valence-electron chi connectivity index (χ2n) is 4.16. The highest BCUT2D eigenvalue weighted by Crippen LogP contribution is 2.08. The second kappa shape index (κ2) is 6.30. The molecule has 15 heavy (non-hydrogen) atoms. The van der Waals surface area contributed by atoms with Gasteiger partial charge in [0, 0.05) is 25.2 Å². The van der Waals surface area contributed by atoms with Crippen molar-refractivity contribution in [3.8, 4) is 0 Å². The maximum Gasteiger partial charge on any atom is 0.239 e. The van der Waals surface area contributed by atoms with Crippen LogP contribution in [0.4, 0.5) is 0 Å². The highest BCUT2D eigenvalue weighted by Gasteiger charge is 2.28. The SMILES string of the molecule is CCC(N)C(=O)N1CC(C)NCC1C.Cl. The van der Waals surface area contributed by atoms with Crippen LogP contribution < -0.4 is 11.1 Å². The molecule has 3 atom stereocenters. The van der Waals surface area contributed by atoms with Crippen LogP contribution in [0.5, 0.6) is 0 Å². The van der Waals surface area contributed by atoms with Gasteiger partial charge in [-0.25, -0.2) is 0 Å². The van der Waals surface area contributed by atoms with Crippen LogP contribution in [0.15, 0.2) is 0 Å². The molecule has 0 radical (unpaired) electrons. The van der Waals surface area contributed by atoms with Crippen molar-refractivity contribution in [2.75, 3.05) is 13.1 Å². The van der Waals surface area contributed by atoms with Crippen LogP contribution in [0.3, 0.4) is 0 Å². The van der Waals surface area contributed by atoms with Gasteiger partial charge in [-0.2, -0.15) is 0 Å². The average molecular weight is 236 g/mol. The van der Waals surface area contributed by atoms with Gasteiger partial charge >= 0.3 is 0 Å². The van der Waals surface area contributed by atoms with E-state index in [0.717, 1.165) is 13.1 Å². The number of hydrogen-bond acceptors (Lipinski definition) is 3. The van der Waals surface area contributed by atoms with Gasteiger partial charge in [0.25, 0.3) is 0 Å². The molecule has 1 aliphatic rings. The Labute approximate surface area is 98.0 Å². The van der Waals surface area contributed by atoms with Gasteiger partial charge in [0.15, 0.2) is 0 Å². The van der Waals surface area contributed by atoms with E-state index in [1.54, 1.807) is 0 Å². The maximum atomic E-state index is 11.9. The molecule has 0 saturated carbocycles. The number of halogens is 1. The van der Waals surface area contributed by atoms with Gasteiger partial charge in [-0.15, -0.1) is 12.4 Å². The minimum absolute atomic E-state index is 0. The van der Waals surface area contributed by atoms with E-state index >= 15 is 0 Å². The zero-order chi connectivity index (χ0) is 10.7. The Hall–Kier alpha value is -0.320. The summed E-state index contributed by atoms with van der Waals surface area (Å²) in [5.74, 6) is 0.0911. The monoisotopic (exact) mass is 235 g/mol. The molecule has 0 aliphatic carbocycles. The largest absolute Gasteiger partial charge is 0.336 e. The molecule has 0 spiro atoms. The molecule has 3 unspecified atom stereocenters. The lowest BCUT2D eigenvalue weighted by Crippen LogP contribution is -2.59. The lowest BCUT2D eigenvalue weighted by atomic mass is 10.1. The first kappa shape index (κ1) is 14.7. The van der Waals surface area contributed by atoms with Gasteiger partial charge in [-0.3, -0.25) is 4.79 Å². The van der Waals surface area contributed by atoms with Crippen LogP contribution >= 0.6 is 12.4 Å². The molecule has 1 saturated heterocycles. The van der Waals surface area contributed by atoms with E-state index in [0.29, 0.717) is 12.5 Å². The summed E-state index contributed by atoms with van der Waals surface area (Å²) < 4.78 is 0. The molecule has 0 aromatic rings. The number of rotatable bonds is 2. The Morgan fingerprint density at radius 2 is 2.20 bits per heavy atom. The number of amides is 1. The summed E-state index contributed by atoms with van der Waals surface area (Å²) in [7, 11) is 0. The molecule has 1 aliphatic heterocycles. The molecule has 3 N–H and O–H groups in total. The third-order valence-electron chi connectivity index (χ3n) is 2.80. The van der Waals surface area contributed by atoms with E-state index in [1.807, 2.05) is 11.8 Å². The smallest absolute Gasteiger partial charge is 0.239 e. The number of hydrogen-bond donors (Lipinski definition) is 2. The summed E-state index contributed by atoms with van der Waals surface area (Å²) in [6, 6.07) is 0.304. The van der Waals surface area contributed by atoms with Gasteiger partial charge in [-0.05, 0) is 20.3 Å². The Balaban J connectivity index is 0.00000196. The van der Waals surface area contributed by atoms with E-state index in [1.165, 1.54) is 0 Å². The van der Waals surface area contributed by atoms with Crippen molar-refractivity contribution in [3.63, 3.8) is 0 Å². The molecule has 0 bridgehead atoms. The van der Waals surface area contributed by atoms with E-state index in [4.69, 9.17) is 5.73 Å². The fraction of sp³-hybridized carbons (Fsp3) is 0.900. The van der Waals surface area contributed by atoms with Crippen LogP contribution in [-0.2, 0) is 4.79 Å². The summed E-state index contributed by atoms with van der Waals surface area (Å²) in [5, 5.41) is 3.34. The van der Waals surface area contributed by atoms with E-state index < -0.39 is 0 Å². The van der Waals surface area contributed by atoms with Crippen LogP contribution in [0.25, 0.3) is 0 Å². The fourth-order valence-electron chi connectivity index (χ4n) is 1.72. The Morgan fingerprint density at radius 3 is 2.73 bits per heavy atom. The number of piperazine rings is 1. The molecular weight excluding hydrogens is 214 g/mol. The summed E-state index contributed by atoms with van der Waals surface area (Å²) in [5.41, 5.74) is 5.74. The second-order valence-corrected chi connectivity index (χ2v) is 4.16. The van der Waals surface area contributed by atoms with Gasteiger partial charge < -0.3 is 16.0 Å². The Morgan fingerprint density at radius 1 is 1.60 bits per heavy atom. The zero-order valence-electron chi connectivity index (χ0n) is 9.69. The summed E-state index contributed by atoms with van der Waals surface area (Å²) in [4.78, 5) is 13.8. The number of carbonyl (C=O) groups excluding carboxylic acids is 1. The normalized spacial score (nSPS) is 28.1. The molecule has 1 fully saturated rings. The first-order chi connectivity index (χ1) is 6.56. The average Bonchev–Trinajstić information content (AvgIpc) is 2.19. The van der Waals surface area contributed by atoms with E-state index in [9.17, 15) is 4.79 Å². The quantitative estimate of drug-likeness (QED) is 0.727. The van der Waals surface area contributed by atoms with Crippen LogP contribution in [-0.4, -0.2) is 42.0 Å². The molecule has 1 heterocycles. The highest BCUT2D eigenvalue weighted by molar-refractivity contribution is 5.85. The van der Waals surface area contributed by atoms with Crippen molar-refractivity contribution in [3.05, 3.63) is 0 Å². The van der Waals surface area contributed by atoms with E-state index in [2.05, 4.69) is 19.2 Å². The van der Waals surface area contributed by atoms with Crippen molar-refractivity contribution in [1.82, 2.24) is 10.2 Å². The Kier molecular flexibility index (Phi) is 6.17. The van der Waals surface area contributed by atoms with Crippen molar-refractivity contribution >= 4 is 18.3 Å². The Bertz CT molecular complexity index is 213. The lowest BCUT2D eigenvalue weighted by molar-refractivity contribution is -0.136. The van der Waals surface area contributed by atoms with Crippen molar-refractivity contribution in [2.24, 2.45) is 5.73 Å². The van der Waals surface area contributed by atoms with Crippen LogP contribution in [0.1, 0.15) is 27.2 Å². The van der Waals surface area contributed by atoms with Gasteiger partial charge in [-0.1, -0.05) is 6.92 Å². The fourth-order valence-corrected chi connectivity index (χ4v) is 1.72. The molecular formula is C10H22ClN3O. The molecule has 0 aromatic carbocycles. The van der Waals surface area contributed by atoms with E-state index in [-0.39, 0.29) is 30.4 Å². The summed E-state index contributed by atoms with van der Waals surface area (Å²) in [6.07, 6.45) is 0.712. The minimum Gasteiger partial charge on any atom is -0.336 e. The zero-order valence-corrected chi connectivity index (χ0v) is 10.5. The summed E-state index contributed by atoms with van der Waals surface area (Å²) >= 11 is 0. The number of nitrogens with one attached hydrogen (secondary N) is 1. The maximum absolute atomic E-state index is 11.9. The predicted molar refractivity (Wildman–Crippen MR) is 64.2 cm³/mol. The minimum atomic E-state index is -0.331. The molecule has 5 heteroatoms. The van der Waals surface area contributed by atoms with Crippen LogP contribution in [0.2, 0.25) is 0 Å². The molecule has 1 rings (SSSR count). The molecule has 0 aromatic heterocycles. The van der Waals surface area contributed by atoms with Gasteiger partial charge in [0.2, 0.25) is 5.91 Å². The number of nitrogens with zero attached hydrogens (tertiary/aromatic N) is 1. The van der Waals surface area contributed by atoms with Crippen LogP contribution in [0, 0.1) is 0 Å². The third kappa shape index (κ3) is 3.63. The molecule has 1 amide bonds. The number of nitrogens with two attached hydrogens (primary N) is 1. The van der Waals surface area contributed by atoms with Crippen molar-refractivity contribution in [1.29, 1.82) is 0 Å². The molecule has 4 nitrogen and oxygen atoms in total. The van der Waals surface area contributed by atoms with Crippen molar-refractivity contribution in [2.45, 2.75) is 45.3 Å². The summed E-state index contributed by atoms with van der Waals surface area (Å²) in [6.45, 7) is 7.72. The third-order valence-corrected chi connectivity index (χ3v) is 2.80. The first-order valence-corrected chi connectivity index (χ1v) is 5.35. The van der Waals surface area contributed by atoms with Gasteiger partial charge in [0.05, 0.1) is 6.04 Å². The first-order valence-electron chi connectivity index (χ1n) is 5.35. The van der Waals surface area contributed by atoms with Crippen molar-refractivity contribution < 1.29 is 4.79 Å². The molecule has 90 valence electrons. The predicted octanol–water partition coefficient (Wildman–Crippen LogP) is 0.354.